The van der Waals surface area contributed by atoms with Gasteiger partial charge in [0.05, 0.1) is 33.0 Å². The van der Waals surface area contributed by atoms with Crippen molar-refractivity contribution < 1.29 is 42.9 Å². The van der Waals surface area contributed by atoms with Gasteiger partial charge in [-0.1, -0.05) is 25.5 Å². The maximum absolute atomic E-state index is 13.1. The van der Waals surface area contributed by atoms with Crippen LogP contribution in [0.1, 0.15) is 76.2 Å². The molecule has 1 amide bonds. The van der Waals surface area contributed by atoms with Crippen molar-refractivity contribution in [1.82, 2.24) is 5.32 Å². The fourth-order valence-electron chi connectivity index (χ4n) is 4.13. The fraction of sp³-hybridized carbons (Fsp3) is 0.643. The fourth-order valence-corrected chi connectivity index (χ4v) is 4.13. The summed E-state index contributed by atoms with van der Waals surface area (Å²) >= 11 is 0. The molecular weight excluding hydrogens is 494 g/mol. The maximum Gasteiger partial charge on any atom is 0.366 e. The minimum atomic E-state index is -1.98. The zero-order valence-corrected chi connectivity index (χ0v) is 23.1. The smallest absolute Gasteiger partial charge is 0.366 e. The number of carbonyl (C=O) groups is 4. The molecule has 1 aliphatic rings. The van der Waals surface area contributed by atoms with E-state index in [0.717, 1.165) is 12.0 Å². The normalized spacial score (nSPS) is 19.3. The van der Waals surface area contributed by atoms with Crippen LogP contribution in [-0.2, 0) is 44.5 Å². The third kappa shape index (κ3) is 8.01. The van der Waals surface area contributed by atoms with Crippen LogP contribution >= 0.6 is 0 Å². The Bertz CT molecular complexity index is 918. The van der Waals surface area contributed by atoms with Crippen LogP contribution in [0.3, 0.4) is 0 Å². The number of ether oxygens (including phenoxy) is 5. The van der Waals surface area contributed by atoms with E-state index in [4.69, 9.17) is 23.7 Å². The topological polar surface area (TPSA) is 126 Å². The molecular formula is C28H41NO9. The number of hydrogen-bond acceptors (Lipinski definition) is 9. The second-order valence-corrected chi connectivity index (χ2v) is 9.25. The molecule has 38 heavy (non-hydrogen) atoms. The van der Waals surface area contributed by atoms with E-state index in [-0.39, 0.29) is 32.2 Å². The van der Waals surface area contributed by atoms with Crippen LogP contribution in [0.15, 0.2) is 24.3 Å². The molecule has 0 spiro atoms. The Morgan fingerprint density at radius 1 is 0.895 bits per heavy atom. The summed E-state index contributed by atoms with van der Waals surface area (Å²) in [5.41, 5.74) is -0.600. The number of esters is 3. The van der Waals surface area contributed by atoms with Crippen molar-refractivity contribution in [2.24, 2.45) is 5.92 Å². The number of nitrogens with one attached hydrogen (secondary N) is 1. The molecule has 1 fully saturated rings. The number of aryl methyl sites for hydroxylation is 1. The summed E-state index contributed by atoms with van der Waals surface area (Å²) in [6, 6.07) is 6.96. The van der Waals surface area contributed by atoms with Gasteiger partial charge < -0.3 is 29.0 Å². The lowest BCUT2D eigenvalue weighted by Gasteiger charge is -2.35. The minimum absolute atomic E-state index is 0.00156. The molecule has 1 heterocycles. The quantitative estimate of drug-likeness (QED) is 0.165. The van der Waals surface area contributed by atoms with Gasteiger partial charge in [-0.15, -0.1) is 0 Å². The third-order valence-corrected chi connectivity index (χ3v) is 6.45. The van der Waals surface area contributed by atoms with Crippen LogP contribution in [0, 0.1) is 5.92 Å². The zero-order chi connectivity index (χ0) is 28.2. The molecule has 1 aromatic rings. The van der Waals surface area contributed by atoms with Crippen molar-refractivity contribution in [3.8, 4) is 0 Å². The lowest BCUT2D eigenvalue weighted by atomic mass is 9.90. The zero-order valence-electron chi connectivity index (χ0n) is 23.1. The summed E-state index contributed by atoms with van der Waals surface area (Å²) in [5.74, 6) is -4.25. The first-order valence-electron chi connectivity index (χ1n) is 13.4. The van der Waals surface area contributed by atoms with Crippen LogP contribution in [-0.4, -0.2) is 68.2 Å². The molecule has 1 N–H and O–H groups in total. The first kappa shape index (κ1) is 31.2. The molecule has 10 nitrogen and oxygen atoms in total. The van der Waals surface area contributed by atoms with Crippen molar-refractivity contribution in [3.05, 3.63) is 35.4 Å². The van der Waals surface area contributed by atoms with Gasteiger partial charge in [0.2, 0.25) is 5.54 Å². The third-order valence-electron chi connectivity index (χ3n) is 6.45. The Hall–Kier alpha value is -2.98. The number of carbonyl (C=O) groups excluding carboxylic acids is 4. The van der Waals surface area contributed by atoms with E-state index in [2.05, 4.69) is 5.32 Å². The average molecular weight is 536 g/mol. The number of hydrogen-bond donors (Lipinski definition) is 1. The van der Waals surface area contributed by atoms with Gasteiger partial charge >= 0.3 is 17.9 Å². The van der Waals surface area contributed by atoms with E-state index >= 15 is 0 Å². The molecule has 0 atom stereocenters. The lowest BCUT2D eigenvalue weighted by Crippen LogP contribution is -2.61. The highest BCUT2D eigenvalue weighted by molar-refractivity contribution is 6.10. The van der Waals surface area contributed by atoms with Crippen molar-refractivity contribution >= 4 is 23.8 Å². The highest BCUT2D eigenvalue weighted by atomic mass is 16.7. The molecule has 10 heteroatoms. The Kier molecular flexibility index (Phi) is 12.2. The summed E-state index contributed by atoms with van der Waals surface area (Å²) < 4.78 is 26.7. The Balaban J connectivity index is 2.09. The van der Waals surface area contributed by atoms with Crippen molar-refractivity contribution in [3.63, 3.8) is 0 Å². The monoisotopic (exact) mass is 535 g/mol. The van der Waals surface area contributed by atoms with E-state index in [0.29, 0.717) is 38.0 Å². The van der Waals surface area contributed by atoms with Crippen LogP contribution in [0.25, 0.3) is 0 Å². The van der Waals surface area contributed by atoms with Gasteiger partial charge in [0.25, 0.3) is 11.7 Å². The number of benzene rings is 1. The van der Waals surface area contributed by atoms with Gasteiger partial charge in [0, 0.05) is 18.4 Å². The van der Waals surface area contributed by atoms with E-state index in [1.54, 1.807) is 32.9 Å². The number of amides is 1. The minimum Gasteiger partial charge on any atom is -0.464 e. The van der Waals surface area contributed by atoms with Crippen molar-refractivity contribution in [2.45, 2.75) is 78.0 Å². The standard InChI is InChI=1S/C28H41NO9/c1-6-20-13-15-22(16-14-20)23(30)29-28(25(32)35-8-3,26(33)36-9-4)17-11-10-12-21-18-37-27(5,38-19-21)24(31)34-7-2/h13-16,21H,6-12,17-19H2,1-5H3,(H,29,30). The van der Waals surface area contributed by atoms with Gasteiger partial charge in [-0.2, -0.15) is 0 Å². The molecule has 2 rings (SSSR count). The summed E-state index contributed by atoms with van der Waals surface area (Å²) in [6.07, 6.45) is 2.50. The molecule has 1 saturated heterocycles. The van der Waals surface area contributed by atoms with Crippen LogP contribution < -0.4 is 5.32 Å². The summed E-state index contributed by atoms with van der Waals surface area (Å²) in [4.78, 5) is 51.4. The molecule has 1 aliphatic heterocycles. The SMILES string of the molecule is CCOC(=O)C1(C)OCC(CCCCC(NC(=O)c2ccc(CC)cc2)(C(=O)OCC)C(=O)OCC)CO1. The van der Waals surface area contributed by atoms with Crippen LogP contribution in [0.5, 0.6) is 0 Å². The second-order valence-electron chi connectivity index (χ2n) is 9.25. The van der Waals surface area contributed by atoms with Crippen LogP contribution in [0.2, 0.25) is 0 Å². The molecule has 0 radical (unpaired) electrons. The van der Waals surface area contributed by atoms with Gasteiger partial charge in [-0.3, -0.25) is 4.79 Å². The second kappa shape index (κ2) is 14.8. The molecule has 212 valence electrons. The predicted octanol–water partition coefficient (Wildman–Crippen LogP) is 3.35. The summed E-state index contributed by atoms with van der Waals surface area (Å²) in [7, 11) is 0. The Morgan fingerprint density at radius 3 is 1.95 bits per heavy atom. The van der Waals surface area contributed by atoms with E-state index in [1.165, 1.54) is 6.92 Å². The van der Waals surface area contributed by atoms with Gasteiger partial charge in [0.15, 0.2) is 0 Å². The van der Waals surface area contributed by atoms with Crippen molar-refractivity contribution in [2.75, 3.05) is 33.0 Å². The van der Waals surface area contributed by atoms with Crippen molar-refractivity contribution in [1.29, 1.82) is 0 Å². The van der Waals surface area contributed by atoms with Gasteiger partial charge in [0.1, 0.15) is 0 Å². The maximum atomic E-state index is 13.1. The summed E-state index contributed by atoms with van der Waals surface area (Å²) in [6.45, 7) is 9.44. The Morgan fingerprint density at radius 2 is 1.45 bits per heavy atom. The van der Waals surface area contributed by atoms with E-state index < -0.39 is 35.1 Å². The first-order valence-corrected chi connectivity index (χ1v) is 13.4. The molecule has 1 aromatic carbocycles. The van der Waals surface area contributed by atoms with E-state index in [9.17, 15) is 19.2 Å². The number of rotatable bonds is 14. The molecule has 0 aliphatic carbocycles. The Labute approximate surface area is 224 Å². The highest BCUT2D eigenvalue weighted by Crippen LogP contribution is 2.27. The molecule has 0 saturated carbocycles. The van der Waals surface area contributed by atoms with Gasteiger partial charge in [-0.05, 0) is 64.2 Å². The van der Waals surface area contributed by atoms with E-state index in [1.807, 2.05) is 19.1 Å². The predicted molar refractivity (Wildman–Crippen MR) is 138 cm³/mol. The largest absolute Gasteiger partial charge is 0.464 e. The molecule has 0 aromatic heterocycles. The average Bonchev–Trinajstić information content (AvgIpc) is 2.91. The molecule has 0 unspecified atom stereocenters. The van der Waals surface area contributed by atoms with Crippen LogP contribution in [0.4, 0.5) is 0 Å². The lowest BCUT2D eigenvalue weighted by molar-refractivity contribution is -0.274. The number of unbranched alkanes of at least 4 members (excludes halogenated alkanes) is 1. The summed E-state index contributed by atoms with van der Waals surface area (Å²) in [5, 5.41) is 2.64. The highest BCUT2D eigenvalue weighted by Gasteiger charge is 2.50. The first-order chi connectivity index (χ1) is 18.2. The van der Waals surface area contributed by atoms with Gasteiger partial charge in [-0.25, -0.2) is 14.4 Å². The molecule has 0 bridgehead atoms.